The quantitative estimate of drug-likeness (QED) is 0.781. The lowest BCUT2D eigenvalue weighted by Gasteiger charge is -2.13. The molecule has 2 rings (SSSR count). The van der Waals surface area contributed by atoms with Crippen molar-refractivity contribution in [2.24, 2.45) is 0 Å². The smallest absolute Gasteiger partial charge is 0.138 e. The molecule has 0 unspecified atom stereocenters. The van der Waals surface area contributed by atoms with E-state index in [1.807, 2.05) is 18.2 Å². The Morgan fingerprint density at radius 3 is 2.89 bits per heavy atom. The summed E-state index contributed by atoms with van der Waals surface area (Å²) in [4.78, 5) is 3.97. The van der Waals surface area contributed by atoms with Crippen molar-refractivity contribution >= 4 is 17.3 Å². The van der Waals surface area contributed by atoms with Gasteiger partial charge in [-0.1, -0.05) is 43.9 Å². The van der Waals surface area contributed by atoms with Crippen molar-refractivity contribution < 1.29 is 0 Å². The van der Waals surface area contributed by atoms with Crippen molar-refractivity contribution in [1.82, 2.24) is 14.8 Å². The number of hydrogen-bond donors (Lipinski definition) is 1. The predicted molar refractivity (Wildman–Crippen MR) is 79.0 cm³/mol. The van der Waals surface area contributed by atoms with Crippen molar-refractivity contribution in [2.75, 3.05) is 11.9 Å². The van der Waals surface area contributed by atoms with Crippen LogP contribution >= 0.6 is 11.6 Å². The Morgan fingerprint density at radius 2 is 2.16 bits per heavy atom. The fraction of sp³-hybridized carbons (Fsp3) is 0.429. The minimum absolute atomic E-state index is 0.670. The van der Waals surface area contributed by atoms with Gasteiger partial charge < -0.3 is 5.32 Å². The van der Waals surface area contributed by atoms with Crippen LogP contribution in [0.1, 0.15) is 32.6 Å². The SMILES string of the molecule is CCCCCCNc1cccc(Cl)c1-n1cncn1. The molecule has 0 spiro atoms. The minimum Gasteiger partial charge on any atom is -0.383 e. The molecule has 1 aromatic heterocycles. The lowest BCUT2D eigenvalue weighted by Crippen LogP contribution is -2.06. The van der Waals surface area contributed by atoms with E-state index in [2.05, 4.69) is 22.3 Å². The molecule has 2 aromatic rings. The first-order valence-corrected chi connectivity index (χ1v) is 7.08. The molecule has 1 N–H and O–H groups in total. The number of rotatable bonds is 7. The molecule has 0 aliphatic heterocycles. The summed E-state index contributed by atoms with van der Waals surface area (Å²) >= 11 is 6.25. The summed E-state index contributed by atoms with van der Waals surface area (Å²) in [5.74, 6) is 0. The molecule has 0 atom stereocenters. The maximum Gasteiger partial charge on any atom is 0.138 e. The van der Waals surface area contributed by atoms with Crippen LogP contribution in [-0.2, 0) is 0 Å². The van der Waals surface area contributed by atoms with Crippen LogP contribution in [0.25, 0.3) is 5.69 Å². The van der Waals surface area contributed by atoms with Gasteiger partial charge in [0.2, 0.25) is 0 Å². The van der Waals surface area contributed by atoms with E-state index < -0.39 is 0 Å². The molecule has 19 heavy (non-hydrogen) atoms. The molecule has 0 bridgehead atoms. The summed E-state index contributed by atoms with van der Waals surface area (Å²) in [5.41, 5.74) is 1.85. The average molecular weight is 279 g/mol. The minimum atomic E-state index is 0.670. The zero-order chi connectivity index (χ0) is 13.5. The van der Waals surface area contributed by atoms with Gasteiger partial charge >= 0.3 is 0 Å². The second-order valence-corrected chi connectivity index (χ2v) is 4.87. The summed E-state index contributed by atoms with van der Waals surface area (Å²) in [6, 6.07) is 5.82. The maximum absolute atomic E-state index is 6.25. The van der Waals surface area contributed by atoms with Gasteiger partial charge in [0, 0.05) is 6.54 Å². The monoisotopic (exact) mass is 278 g/mol. The second kappa shape index (κ2) is 7.14. The molecule has 102 valence electrons. The molecule has 0 aliphatic carbocycles. The Bertz CT molecular complexity index is 496. The Labute approximate surface area is 118 Å². The Morgan fingerprint density at radius 1 is 1.26 bits per heavy atom. The lowest BCUT2D eigenvalue weighted by molar-refractivity contribution is 0.684. The number of benzene rings is 1. The molecule has 0 fully saturated rings. The van der Waals surface area contributed by atoms with E-state index >= 15 is 0 Å². The molecule has 0 radical (unpaired) electrons. The van der Waals surface area contributed by atoms with Crippen molar-refractivity contribution in [2.45, 2.75) is 32.6 Å². The third-order valence-electron chi connectivity index (χ3n) is 2.98. The normalized spacial score (nSPS) is 10.6. The van der Waals surface area contributed by atoms with Gasteiger partial charge in [0.05, 0.1) is 10.7 Å². The molecule has 4 nitrogen and oxygen atoms in total. The number of hydrogen-bond acceptors (Lipinski definition) is 3. The van der Waals surface area contributed by atoms with Crippen LogP contribution in [0.5, 0.6) is 0 Å². The number of halogens is 1. The summed E-state index contributed by atoms with van der Waals surface area (Å²) in [6.45, 7) is 3.16. The molecular formula is C14H19ClN4. The highest BCUT2D eigenvalue weighted by Gasteiger charge is 2.09. The highest BCUT2D eigenvalue weighted by atomic mass is 35.5. The van der Waals surface area contributed by atoms with Gasteiger partial charge in [-0.3, -0.25) is 0 Å². The number of nitrogens with zero attached hydrogens (tertiary/aromatic N) is 3. The van der Waals surface area contributed by atoms with Crippen LogP contribution in [0.15, 0.2) is 30.9 Å². The molecule has 0 amide bonds. The van der Waals surface area contributed by atoms with Crippen molar-refractivity contribution in [3.8, 4) is 5.69 Å². The topological polar surface area (TPSA) is 42.7 Å². The van der Waals surface area contributed by atoms with Crippen molar-refractivity contribution in [3.05, 3.63) is 35.9 Å². The van der Waals surface area contributed by atoms with E-state index in [0.29, 0.717) is 5.02 Å². The molecule has 0 aliphatic rings. The van der Waals surface area contributed by atoms with Crippen LogP contribution in [0.2, 0.25) is 5.02 Å². The highest BCUT2D eigenvalue weighted by molar-refractivity contribution is 6.33. The number of para-hydroxylation sites is 1. The summed E-state index contributed by atoms with van der Waals surface area (Å²) in [7, 11) is 0. The molecule has 1 heterocycles. The molecule has 0 saturated heterocycles. The number of unbranched alkanes of at least 4 members (excludes halogenated alkanes) is 3. The largest absolute Gasteiger partial charge is 0.383 e. The number of aromatic nitrogens is 3. The molecule has 0 saturated carbocycles. The summed E-state index contributed by atoms with van der Waals surface area (Å²) in [5, 5.41) is 8.25. The number of anilines is 1. The lowest BCUT2D eigenvalue weighted by atomic mass is 10.2. The number of nitrogens with one attached hydrogen (secondary N) is 1. The third-order valence-corrected chi connectivity index (χ3v) is 3.29. The Balaban J connectivity index is 2.06. The van der Waals surface area contributed by atoms with E-state index in [0.717, 1.165) is 24.3 Å². The zero-order valence-electron chi connectivity index (χ0n) is 11.1. The van der Waals surface area contributed by atoms with Crippen LogP contribution in [0.4, 0.5) is 5.69 Å². The van der Waals surface area contributed by atoms with Gasteiger partial charge in [-0.15, -0.1) is 0 Å². The second-order valence-electron chi connectivity index (χ2n) is 4.46. The summed E-state index contributed by atoms with van der Waals surface area (Å²) < 4.78 is 1.69. The van der Waals surface area contributed by atoms with Gasteiger partial charge in [-0.25, -0.2) is 9.67 Å². The van der Waals surface area contributed by atoms with Gasteiger partial charge in [-0.05, 0) is 18.6 Å². The Kier molecular flexibility index (Phi) is 5.21. The van der Waals surface area contributed by atoms with E-state index in [9.17, 15) is 0 Å². The van der Waals surface area contributed by atoms with E-state index in [1.165, 1.54) is 25.6 Å². The zero-order valence-corrected chi connectivity index (χ0v) is 11.9. The van der Waals surface area contributed by atoms with Gasteiger partial charge in [0.15, 0.2) is 0 Å². The first-order valence-electron chi connectivity index (χ1n) is 6.70. The standard InChI is InChI=1S/C14H19ClN4/c1-2-3-4-5-9-17-13-8-6-7-12(15)14(13)19-11-16-10-18-19/h6-8,10-11,17H,2-5,9H2,1H3. The van der Waals surface area contributed by atoms with Crippen LogP contribution in [-0.4, -0.2) is 21.3 Å². The molecule has 5 heteroatoms. The van der Waals surface area contributed by atoms with Crippen molar-refractivity contribution in [1.29, 1.82) is 0 Å². The third kappa shape index (κ3) is 3.70. The summed E-state index contributed by atoms with van der Waals surface area (Å²) in [6.07, 6.45) is 8.12. The molecular weight excluding hydrogens is 260 g/mol. The van der Waals surface area contributed by atoms with Crippen LogP contribution < -0.4 is 5.32 Å². The van der Waals surface area contributed by atoms with Crippen LogP contribution in [0, 0.1) is 0 Å². The average Bonchev–Trinajstić information content (AvgIpc) is 2.92. The van der Waals surface area contributed by atoms with E-state index in [4.69, 9.17) is 11.6 Å². The first kappa shape index (κ1) is 13.9. The van der Waals surface area contributed by atoms with E-state index in [1.54, 1.807) is 11.0 Å². The Hall–Kier alpha value is -1.55. The van der Waals surface area contributed by atoms with E-state index in [-0.39, 0.29) is 0 Å². The van der Waals surface area contributed by atoms with Crippen LogP contribution in [0.3, 0.4) is 0 Å². The predicted octanol–water partition coefficient (Wildman–Crippen LogP) is 3.91. The fourth-order valence-electron chi connectivity index (χ4n) is 1.99. The van der Waals surface area contributed by atoms with Gasteiger partial charge in [-0.2, -0.15) is 5.10 Å². The van der Waals surface area contributed by atoms with Gasteiger partial charge in [0.25, 0.3) is 0 Å². The van der Waals surface area contributed by atoms with Gasteiger partial charge in [0.1, 0.15) is 18.3 Å². The maximum atomic E-state index is 6.25. The fourth-order valence-corrected chi connectivity index (χ4v) is 2.25. The van der Waals surface area contributed by atoms with Crippen molar-refractivity contribution in [3.63, 3.8) is 0 Å². The first-order chi connectivity index (χ1) is 9.33. The highest BCUT2D eigenvalue weighted by Crippen LogP contribution is 2.27. The molecule has 1 aromatic carbocycles.